The van der Waals surface area contributed by atoms with Crippen molar-refractivity contribution in [1.29, 1.82) is 0 Å². The molecule has 2 aromatic carbocycles. The number of benzene rings is 2. The van der Waals surface area contributed by atoms with Crippen LogP contribution in [0.15, 0.2) is 48.5 Å². The summed E-state index contributed by atoms with van der Waals surface area (Å²) in [6.07, 6.45) is 0. The number of hydrogen-bond acceptors (Lipinski definition) is 2. The number of nitrogens with one attached hydrogen (secondary N) is 1. The average molecular weight is 389 g/mol. The Hall–Kier alpha value is -2.40. The summed E-state index contributed by atoms with van der Waals surface area (Å²) in [5.74, 6) is -1.31. The molecule has 6 heteroatoms. The van der Waals surface area contributed by atoms with E-state index in [-0.39, 0.29) is 29.6 Å². The van der Waals surface area contributed by atoms with Crippen LogP contribution < -0.4 is 5.32 Å². The second-order valence-electron chi connectivity index (χ2n) is 7.15. The second-order valence-corrected chi connectivity index (χ2v) is 7.58. The molecule has 1 N–H and O–H groups in total. The van der Waals surface area contributed by atoms with Gasteiger partial charge in [-0.05, 0) is 55.8 Å². The molecular weight excluding hydrogens is 367 g/mol. The smallest absolute Gasteiger partial charge is 0.253 e. The lowest BCUT2D eigenvalue weighted by atomic mass is 9.88. The molecule has 0 unspecified atom stereocenters. The minimum Gasteiger partial charge on any atom is -0.354 e. The molecule has 2 amide bonds. The maximum atomic E-state index is 13.7. The van der Waals surface area contributed by atoms with E-state index in [0.29, 0.717) is 23.7 Å². The zero-order valence-electron chi connectivity index (χ0n) is 15.3. The van der Waals surface area contributed by atoms with Gasteiger partial charge in [-0.2, -0.15) is 0 Å². The van der Waals surface area contributed by atoms with Crippen molar-refractivity contribution in [2.45, 2.75) is 25.8 Å². The molecule has 1 saturated heterocycles. The Morgan fingerprint density at radius 2 is 1.85 bits per heavy atom. The maximum absolute atomic E-state index is 13.7. The van der Waals surface area contributed by atoms with E-state index in [1.807, 2.05) is 13.8 Å². The van der Waals surface area contributed by atoms with E-state index < -0.39 is 5.92 Å². The lowest BCUT2D eigenvalue weighted by molar-refractivity contribution is -0.125. The summed E-state index contributed by atoms with van der Waals surface area (Å²) in [4.78, 5) is 27.2. The van der Waals surface area contributed by atoms with Crippen LogP contribution in [0.3, 0.4) is 0 Å². The molecule has 0 aliphatic carbocycles. The minimum absolute atomic E-state index is 0.00771. The zero-order valence-corrected chi connectivity index (χ0v) is 16.0. The normalized spacial score (nSPS) is 19.4. The average Bonchev–Trinajstić information content (AvgIpc) is 3.07. The summed E-state index contributed by atoms with van der Waals surface area (Å²) >= 11 is 5.89. The summed E-state index contributed by atoms with van der Waals surface area (Å²) in [5, 5.41) is 3.47. The third-order valence-electron chi connectivity index (χ3n) is 4.74. The number of likely N-dealkylation sites (tertiary alicyclic amines) is 1. The fourth-order valence-electron chi connectivity index (χ4n) is 3.48. The number of amides is 2. The minimum atomic E-state index is -0.426. The molecule has 4 nitrogen and oxygen atoms in total. The lowest BCUT2D eigenvalue weighted by Gasteiger charge is -2.19. The van der Waals surface area contributed by atoms with Crippen LogP contribution in [0.5, 0.6) is 0 Å². The Balaban J connectivity index is 1.87. The van der Waals surface area contributed by atoms with Crippen LogP contribution in [0.2, 0.25) is 5.02 Å². The molecule has 3 rings (SSSR count). The number of hydrogen-bond donors (Lipinski definition) is 1. The zero-order chi connectivity index (χ0) is 19.6. The molecular formula is C21H22ClFN2O2. The topological polar surface area (TPSA) is 49.4 Å². The molecule has 1 aliphatic rings. The van der Waals surface area contributed by atoms with Gasteiger partial charge in [0.15, 0.2) is 0 Å². The summed E-state index contributed by atoms with van der Waals surface area (Å²) in [5.41, 5.74) is 1.24. The third kappa shape index (κ3) is 4.48. The quantitative estimate of drug-likeness (QED) is 0.864. The third-order valence-corrected chi connectivity index (χ3v) is 4.99. The van der Waals surface area contributed by atoms with Gasteiger partial charge < -0.3 is 10.2 Å². The number of nitrogens with zero attached hydrogens (tertiary/aromatic N) is 1. The van der Waals surface area contributed by atoms with Gasteiger partial charge in [0.1, 0.15) is 5.82 Å². The van der Waals surface area contributed by atoms with Crippen molar-refractivity contribution in [1.82, 2.24) is 10.2 Å². The molecule has 142 valence electrons. The van der Waals surface area contributed by atoms with Crippen LogP contribution in [0.1, 0.15) is 35.7 Å². The highest BCUT2D eigenvalue weighted by Gasteiger charge is 2.40. The highest BCUT2D eigenvalue weighted by Crippen LogP contribution is 2.34. The molecule has 0 bridgehead atoms. The number of carbonyl (C=O) groups excluding carboxylic acids is 2. The van der Waals surface area contributed by atoms with Crippen LogP contribution in [0.25, 0.3) is 0 Å². The first-order valence-corrected chi connectivity index (χ1v) is 9.33. The van der Waals surface area contributed by atoms with E-state index in [0.717, 1.165) is 5.56 Å². The fourth-order valence-corrected chi connectivity index (χ4v) is 3.60. The highest BCUT2D eigenvalue weighted by molar-refractivity contribution is 6.30. The van der Waals surface area contributed by atoms with Crippen LogP contribution >= 0.6 is 11.6 Å². The Morgan fingerprint density at radius 3 is 2.48 bits per heavy atom. The molecule has 1 fully saturated rings. The van der Waals surface area contributed by atoms with Gasteiger partial charge in [-0.15, -0.1) is 0 Å². The molecule has 0 aromatic heterocycles. The highest BCUT2D eigenvalue weighted by atomic mass is 35.5. The van der Waals surface area contributed by atoms with Gasteiger partial charge in [0.2, 0.25) is 5.91 Å². The van der Waals surface area contributed by atoms with Gasteiger partial charge >= 0.3 is 0 Å². The van der Waals surface area contributed by atoms with Crippen molar-refractivity contribution in [2.75, 3.05) is 13.1 Å². The maximum Gasteiger partial charge on any atom is 0.253 e. The van der Waals surface area contributed by atoms with Gasteiger partial charge in [0.05, 0.1) is 5.92 Å². The van der Waals surface area contributed by atoms with Crippen molar-refractivity contribution >= 4 is 23.4 Å². The first-order chi connectivity index (χ1) is 12.8. The van der Waals surface area contributed by atoms with E-state index >= 15 is 0 Å². The Bertz CT molecular complexity index is 838. The van der Waals surface area contributed by atoms with Gasteiger partial charge in [0.25, 0.3) is 5.91 Å². The van der Waals surface area contributed by atoms with Crippen LogP contribution in [0, 0.1) is 11.7 Å². The molecule has 0 radical (unpaired) electrons. The predicted molar refractivity (Wildman–Crippen MR) is 103 cm³/mol. The van der Waals surface area contributed by atoms with Crippen molar-refractivity contribution in [2.24, 2.45) is 5.92 Å². The molecule has 2 atom stereocenters. The Kier molecular flexibility index (Phi) is 5.80. The molecule has 1 aliphatic heterocycles. The first-order valence-electron chi connectivity index (χ1n) is 8.96. The van der Waals surface area contributed by atoms with Gasteiger partial charge in [0, 0.05) is 35.6 Å². The number of rotatable bonds is 4. The van der Waals surface area contributed by atoms with Crippen molar-refractivity contribution < 1.29 is 14.0 Å². The van der Waals surface area contributed by atoms with Gasteiger partial charge in [-0.1, -0.05) is 23.7 Å². The molecule has 0 saturated carbocycles. The van der Waals surface area contributed by atoms with Gasteiger partial charge in [-0.3, -0.25) is 9.59 Å². The number of halogens is 2. The molecule has 2 aromatic rings. The monoisotopic (exact) mass is 388 g/mol. The van der Waals surface area contributed by atoms with Crippen LogP contribution in [-0.2, 0) is 4.79 Å². The molecule has 0 spiro atoms. The Labute approximate surface area is 163 Å². The van der Waals surface area contributed by atoms with E-state index in [1.54, 1.807) is 41.3 Å². The van der Waals surface area contributed by atoms with E-state index in [9.17, 15) is 14.0 Å². The summed E-state index contributed by atoms with van der Waals surface area (Å²) < 4.78 is 13.7. The summed E-state index contributed by atoms with van der Waals surface area (Å²) in [6.45, 7) is 4.43. The standard InChI is InChI=1S/C21H22ClFN2O2/c1-13(2)24-20(26)19-12-25(21(27)14-6-8-16(22)9-7-14)11-18(19)15-4-3-5-17(23)10-15/h3-10,13,18-19H,11-12H2,1-2H3,(H,24,26)/t18-,19-/m1/s1. The SMILES string of the molecule is CC(C)NC(=O)[C@@H]1CN(C(=O)c2ccc(Cl)cc2)C[C@@H]1c1cccc(F)c1. The largest absolute Gasteiger partial charge is 0.354 e. The lowest BCUT2D eigenvalue weighted by Crippen LogP contribution is -2.39. The van der Waals surface area contributed by atoms with Crippen molar-refractivity contribution in [3.8, 4) is 0 Å². The Morgan fingerprint density at radius 1 is 1.15 bits per heavy atom. The summed E-state index contributed by atoms with van der Waals surface area (Å²) in [7, 11) is 0. The molecule has 27 heavy (non-hydrogen) atoms. The van der Waals surface area contributed by atoms with Crippen molar-refractivity contribution in [3.05, 3.63) is 70.5 Å². The number of carbonyl (C=O) groups is 2. The summed E-state index contributed by atoms with van der Waals surface area (Å²) in [6, 6.07) is 12.9. The van der Waals surface area contributed by atoms with E-state index in [2.05, 4.69) is 5.32 Å². The van der Waals surface area contributed by atoms with Gasteiger partial charge in [-0.25, -0.2) is 4.39 Å². The fraction of sp³-hybridized carbons (Fsp3) is 0.333. The van der Waals surface area contributed by atoms with E-state index in [1.165, 1.54) is 12.1 Å². The van der Waals surface area contributed by atoms with Crippen molar-refractivity contribution in [3.63, 3.8) is 0 Å². The van der Waals surface area contributed by atoms with Crippen LogP contribution in [0.4, 0.5) is 4.39 Å². The first kappa shape index (κ1) is 19.4. The predicted octanol–water partition coefficient (Wildman–Crippen LogP) is 3.86. The van der Waals surface area contributed by atoms with Crippen LogP contribution in [-0.4, -0.2) is 35.8 Å². The van der Waals surface area contributed by atoms with E-state index in [4.69, 9.17) is 11.6 Å². The molecule has 1 heterocycles. The second kappa shape index (κ2) is 8.09.